The number of sulfonamides is 1. The smallest absolute Gasteiger partial charge is 0.323 e. The molecule has 2 rings (SSSR count). The number of unbranched alkanes of at least 4 members (excludes halogenated alkanes) is 4. The van der Waals surface area contributed by atoms with E-state index in [4.69, 9.17) is 4.74 Å². The standard InChI is InChI=1S/C27H40N2O8S/c1-21(31)37-29-38(34,35)25-11-8-10-22(17-25)9-4-7-16-36-15-6-3-2-5-14-28-19-27(33)23-12-13-26(32)24(18-23)20-30/h8,10-13,17-18,27-30,32-33H,2-7,9,14-16,19-20H2,1H3. The molecule has 0 aliphatic carbocycles. The third kappa shape index (κ3) is 11.9. The zero-order valence-corrected chi connectivity index (χ0v) is 22.7. The highest BCUT2D eigenvalue weighted by atomic mass is 32.2. The van der Waals surface area contributed by atoms with E-state index in [1.807, 2.05) is 11.0 Å². The van der Waals surface area contributed by atoms with Crippen molar-refractivity contribution in [1.29, 1.82) is 0 Å². The predicted octanol–water partition coefficient (Wildman–Crippen LogP) is 2.86. The lowest BCUT2D eigenvalue weighted by Gasteiger charge is -2.14. The Morgan fingerprint density at radius 3 is 2.47 bits per heavy atom. The maximum atomic E-state index is 12.1. The van der Waals surface area contributed by atoms with Crippen LogP contribution in [-0.4, -0.2) is 56.0 Å². The molecule has 212 valence electrons. The number of rotatable bonds is 19. The van der Waals surface area contributed by atoms with Crippen molar-refractivity contribution in [2.75, 3.05) is 26.3 Å². The molecular weight excluding hydrogens is 512 g/mol. The molecule has 5 N–H and O–H groups in total. The number of benzene rings is 2. The van der Waals surface area contributed by atoms with Crippen LogP contribution in [0.15, 0.2) is 47.4 Å². The van der Waals surface area contributed by atoms with Gasteiger partial charge in [-0.15, -0.1) is 0 Å². The molecule has 2 aromatic rings. The fraction of sp³-hybridized carbons (Fsp3) is 0.519. The van der Waals surface area contributed by atoms with Gasteiger partial charge in [0, 0.05) is 32.2 Å². The van der Waals surface area contributed by atoms with E-state index in [0.29, 0.717) is 30.9 Å². The summed E-state index contributed by atoms with van der Waals surface area (Å²) < 4.78 is 30.0. The maximum Gasteiger partial charge on any atom is 0.323 e. The fourth-order valence-corrected chi connectivity index (χ4v) is 4.66. The van der Waals surface area contributed by atoms with E-state index >= 15 is 0 Å². The van der Waals surface area contributed by atoms with Gasteiger partial charge in [0.25, 0.3) is 10.0 Å². The van der Waals surface area contributed by atoms with Crippen LogP contribution in [0.5, 0.6) is 5.75 Å². The van der Waals surface area contributed by atoms with E-state index in [9.17, 15) is 28.5 Å². The van der Waals surface area contributed by atoms with Crippen molar-refractivity contribution in [1.82, 2.24) is 10.2 Å². The lowest BCUT2D eigenvalue weighted by atomic mass is 10.1. The van der Waals surface area contributed by atoms with Crippen molar-refractivity contribution >= 4 is 16.0 Å². The van der Waals surface area contributed by atoms with Gasteiger partial charge in [-0.2, -0.15) is 0 Å². The second-order valence-corrected chi connectivity index (χ2v) is 10.7. The minimum atomic E-state index is -3.90. The molecule has 2 aromatic carbocycles. The van der Waals surface area contributed by atoms with Gasteiger partial charge in [-0.25, -0.2) is 8.42 Å². The Morgan fingerprint density at radius 2 is 1.74 bits per heavy atom. The summed E-state index contributed by atoms with van der Waals surface area (Å²) in [6.07, 6.45) is 5.86. The number of phenols is 1. The van der Waals surface area contributed by atoms with Crippen LogP contribution >= 0.6 is 0 Å². The number of hydrogen-bond donors (Lipinski definition) is 5. The van der Waals surface area contributed by atoms with Crippen LogP contribution in [0.1, 0.15) is 68.2 Å². The summed E-state index contributed by atoms with van der Waals surface area (Å²) >= 11 is 0. The summed E-state index contributed by atoms with van der Waals surface area (Å²) in [5.41, 5.74) is 1.94. The van der Waals surface area contributed by atoms with Gasteiger partial charge in [0.05, 0.1) is 17.6 Å². The first-order chi connectivity index (χ1) is 18.2. The van der Waals surface area contributed by atoms with E-state index in [1.54, 1.807) is 24.3 Å². The lowest BCUT2D eigenvalue weighted by Crippen LogP contribution is -2.26. The molecule has 0 saturated carbocycles. The SMILES string of the molecule is CC(=O)ONS(=O)(=O)c1cccc(CCCCOCCCCCCNCC(O)c2ccc(O)c(CO)c2)c1. The molecule has 0 radical (unpaired) electrons. The molecule has 10 nitrogen and oxygen atoms in total. The average Bonchev–Trinajstić information content (AvgIpc) is 2.90. The molecule has 0 heterocycles. The molecule has 0 aromatic heterocycles. The highest BCUT2D eigenvalue weighted by Gasteiger charge is 2.16. The van der Waals surface area contributed by atoms with E-state index in [-0.39, 0.29) is 17.3 Å². The molecule has 0 saturated heterocycles. The second-order valence-electron chi connectivity index (χ2n) is 9.08. The Balaban J connectivity index is 1.47. The second kappa shape index (κ2) is 17.1. The Kier molecular flexibility index (Phi) is 14.3. The van der Waals surface area contributed by atoms with Crippen molar-refractivity contribution < 1.29 is 38.1 Å². The normalized spacial score (nSPS) is 12.4. The molecule has 0 aliphatic heterocycles. The lowest BCUT2D eigenvalue weighted by molar-refractivity contribution is -0.144. The zero-order chi connectivity index (χ0) is 27.8. The summed E-state index contributed by atoms with van der Waals surface area (Å²) in [6.45, 7) is 3.41. The van der Waals surface area contributed by atoms with Gasteiger partial charge >= 0.3 is 5.97 Å². The van der Waals surface area contributed by atoms with Crippen molar-refractivity contribution in [2.45, 2.75) is 69.5 Å². The van der Waals surface area contributed by atoms with Crippen molar-refractivity contribution in [3.05, 3.63) is 59.2 Å². The summed E-state index contributed by atoms with van der Waals surface area (Å²) in [5.74, 6) is -0.714. The number of nitrogens with one attached hydrogen (secondary N) is 2. The Bertz CT molecular complexity index is 1090. The first kappa shape index (κ1) is 31.7. The number of aliphatic hydroxyl groups excluding tert-OH is 2. The molecule has 0 fully saturated rings. The van der Waals surface area contributed by atoms with E-state index < -0.39 is 22.1 Å². The quantitative estimate of drug-likeness (QED) is 0.131. The summed E-state index contributed by atoms with van der Waals surface area (Å²) in [7, 11) is -3.90. The van der Waals surface area contributed by atoms with Crippen LogP contribution in [-0.2, 0) is 37.4 Å². The van der Waals surface area contributed by atoms with E-state index in [0.717, 1.165) is 64.0 Å². The molecule has 0 amide bonds. The van der Waals surface area contributed by atoms with Gasteiger partial charge in [-0.05, 0) is 78.9 Å². The Morgan fingerprint density at radius 1 is 1.00 bits per heavy atom. The van der Waals surface area contributed by atoms with Gasteiger partial charge in [-0.3, -0.25) is 4.79 Å². The molecule has 0 bridgehead atoms. The Hall–Kier alpha value is -2.54. The molecule has 38 heavy (non-hydrogen) atoms. The topological polar surface area (TPSA) is 154 Å². The van der Waals surface area contributed by atoms with Crippen molar-refractivity contribution in [3.8, 4) is 5.75 Å². The minimum absolute atomic E-state index is 0.0223. The van der Waals surface area contributed by atoms with Gasteiger partial charge in [0.15, 0.2) is 0 Å². The number of carbonyl (C=O) groups excluding carboxylic acids is 1. The van der Waals surface area contributed by atoms with Crippen molar-refractivity contribution in [2.24, 2.45) is 0 Å². The average molecular weight is 553 g/mol. The molecule has 11 heteroatoms. The molecular formula is C27H40N2O8S. The van der Waals surface area contributed by atoms with Crippen LogP contribution in [0, 0.1) is 0 Å². The van der Waals surface area contributed by atoms with Gasteiger partial charge < -0.3 is 30.2 Å². The van der Waals surface area contributed by atoms with Crippen LogP contribution < -0.4 is 10.2 Å². The highest BCUT2D eigenvalue weighted by Crippen LogP contribution is 2.22. The van der Waals surface area contributed by atoms with Crippen LogP contribution in [0.3, 0.4) is 0 Å². The largest absolute Gasteiger partial charge is 0.508 e. The number of aromatic hydroxyl groups is 1. The number of carbonyl (C=O) groups is 1. The van der Waals surface area contributed by atoms with E-state index in [1.165, 1.54) is 12.1 Å². The maximum absolute atomic E-state index is 12.1. The molecule has 1 unspecified atom stereocenters. The van der Waals surface area contributed by atoms with Crippen molar-refractivity contribution in [3.63, 3.8) is 0 Å². The Labute approximate surface area is 225 Å². The number of hydrogen-bond acceptors (Lipinski definition) is 9. The number of aryl methyl sites for hydroxylation is 1. The monoisotopic (exact) mass is 552 g/mol. The summed E-state index contributed by atoms with van der Waals surface area (Å²) in [4.78, 5) is 17.1. The van der Waals surface area contributed by atoms with Crippen LogP contribution in [0.4, 0.5) is 0 Å². The number of ether oxygens (including phenoxy) is 1. The zero-order valence-electron chi connectivity index (χ0n) is 21.9. The highest BCUT2D eigenvalue weighted by molar-refractivity contribution is 7.89. The van der Waals surface area contributed by atoms with Crippen LogP contribution in [0.2, 0.25) is 0 Å². The molecule has 0 aliphatic rings. The summed E-state index contributed by atoms with van der Waals surface area (Å²) in [6, 6.07) is 11.3. The predicted molar refractivity (Wildman–Crippen MR) is 143 cm³/mol. The van der Waals surface area contributed by atoms with Gasteiger partial charge in [0.1, 0.15) is 5.75 Å². The van der Waals surface area contributed by atoms with E-state index in [2.05, 4.69) is 10.2 Å². The minimum Gasteiger partial charge on any atom is -0.508 e. The van der Waals surface area contributed by atoms with Crippen LogP contribution in [0.25, 0.3) is 0 Å². The van der Waals surface area contributed by atoms with Gasteiger partial charge in [0.2, 0.25) is 0 Å². The summed E-state index contributed by atoms with van der Waals surface area (Å²) in [5, 5.41) is 32.3. The fourth-order valence-electron chi connectivity index (χ4n) is 3.77. The van der Waals surface area contributed by atoms with Gasteiger partial charge in [-0.1, -0.05) is 31.0 Å². The third-order valence-corrected chi connectivity index (χ3v) is 7.07. The third-order valence-electron chi connectivity index (χ3n) is 5.90. The molecule has 0 spiro atoms. The first-order valence-corrected chi connectivity index (χ1v) is 14.4. The first-order valence-electron chi connectivity index (χ1n) is 12.9. The molecule has 1 atom stereocenters. The number of aliphatic hydroxyl groups is 2.